The van der Waals surface area contributed by atoms with Gasteiger partial charge < -0.3 is 26.0 Å². The number of ether oxygens (including phenoxy) is 1. The highest BCUT2D eigenvalue weighted by atomic mass is 35.5. The zero-order chi connectivity index (χ0) is 29.0. The molecule has 2 aliphatic rings. The second-order valence-corrected chi connectivity index (χ2v) is 12.4. The van der Waals surface area contributed by atoms with E-state index in [0.29, 0.717) is 49.0 Å². The fraction of sp³-hybridized carbons (Fsp3) is 0.393. The van der Waals surface area contributed by atoms with Gasteiger partial charge in [-0.1, -0.05) is 23.7 Å². The minimum absolute atomic E-state index is 0.0884. The van der Waals surface area contributed by atoms with Crippen LogP contribution < -0.4 is 30.7 Å². The smallest absolute Gasteiger partial charge is 0.242 e. The molecule has 1 saturated carbocycles. The maximum atomic E-state index is 13.0. The van der Waals surface area contributed by atoms with Gasteiger partial charge in [0.25, 0.3) is 0 Å². The average Bonchev–Trinajstić information content (AvgIpc) is 3.80. The van der Waals surface area contributed by atoms with E-state index in [4.69, 9.17) is 22.1 Å². The molecule has 11 nitrogen and oxygen atoms in total. The number of nitrogens with zero attached hydrogens (tertiary/aromatic N) is 3. The lowest BCUT2D eigenvalue weighted by Gasteiger charge is -2.32. The van der Waals surface area contributed by atoms with Crippen LogP contribution in [0.2, 0.25) is 5.02 Å². The molecule has 5 N–H and O–H groups in total. The van der Waals surface area contributed by atoms with Crippen molar-refractivity contribution in [1.29, 1.82) is 0 Å². The molecule has 13 heteroatoms. The zero-order valence-corrected chi connectivity index (χ0v) is 24.3. The van der Waals surface area contributed by atoms with Crippen molar-refractivity contribution >= 4 is 56.4 Å². The molecule has 2 aromatic carbocycles. The van der Waals surface area contributed by atoms with Gasteiger partial charge in [0, 0.05) is 37.3 Å². The van der Waals surface area contributed by atoms with E-state index in [1.165, 1.54) is 12.3 Å². The Hall–Kier alpha value is -3.61. The largest absolute Gasteiger partial charge is 0.492 e. The van der Waals surface area contributed by atoms with Crippen LogP contribution in [-0.2, 0) is 14.8 Å². The summed E-state index contributed by atoms with van der Waals surface area (Å²) in [6.07, 6.45) is 4.96. The van der Waals surface area contributed by atoms with Crippen molar-refractivity contribution in [1.82, 2.24) is 14.7 Å². The lowest BCUT2D eigenvalue weighted by Crippen LogP contribution is -2.38. The standard InChI is InChI=1S/C28H34ClN7O4S/c1-2-40-24-15-20(36-13-11-19(12-14-36)26(30)37)9-10-22(24)34-28-31-17-21(29)27(35-28)33-23-5-3-4-6-25(23)41(38,39)32-16-18-7-8-18/h3-6,9-10,15,17-19,32H,2,7-8,11-14,16H2,1H3,(H2,30,37)(H2,31,33,34,35). The minimum Gasteiger partial charge on any atom is -0.492 e. The highest BCUT2D eigenvalue weighted by Gasteiger charge is 2.26. The van der Waals surface area contributed by atoms with Crippen LogP contribution in [-0.4, -0.2) is 50.5 Å². The number of para-hydroxylation sites is 1. The van der Waals surface area contributed by atoms with E-state index >= 15 is 0 Å². The molecule has 41 heavy (non-hydrogen) atoms. The molecule has 2 heterocycles. The number of piperidine rings is 1. The van der Waals surface area contributed by atoms with Gasteiger partial charge in [-0.25, -0.2) is 18.1 Å². The van der Waals surface area contributed by atoms with Crippen LogP contribution >= 0.6 is 11.6 Å². The minimum atomic E-state index is -3.73. The third-order valence-corrected chi connectivity index (χ3v) is 8.97. The normalized spacial score (nSPS) is 15.9. The van der Waals surface area contributed by atoms with Gasteiger partial charge in [-0.2, -0.15) is 4.98 Å². The summed E-state index contributed by atoms with van der Waals surface area (Å²) in [6, 6.07) is 12.4. The molecule has 3 aromatic rings. The molecular weight excluding hydrogens is 566 g/mol. The van der Waals surface area contributed by atoms with Crippen molar-refractivity contribution in [3.63, 3.8) is 0 Å². The first-order valence-corrected chi connectivity index (χ1v) is 15.6. The van der Waals surface area contributed by atoms with E-state index in [9.17, 15) is 13.2 Å². The number of hydrogen-bond acceptors (Lipinski definition) is 9. The molecule has 2 fully saturated rings. The lowest BCUT2D eigenvalue weighted by atomic mass is 9.96. The molecule has 1 aliphatic carbocycles. The summed E-state index contributed by atoms with van der Waals surface area (Å²) in [5, 5.41) is 6.49. The molecule has 0 radical (unpaired) electrons. The Morgan fingerprint density at radius 2 is 1.85 bits per heavy atom. The van der Waals surface area contributed by atoms with Crippen LogP contribution in [0.1, 0.15) is 32.6 Å². The molecule has 5 rings (SSSR count). The fourth-order valence-corrected chi connectivity index (χ4v) is 6.12. The number of anilines is 5. The van der Waals surface area contributed by atoms with Gasteiger partial charge in [0.15, 0.2) is 5.82 Å². The van der Waals surface area contributed by atoms with E-state index in [1.54, 1.807) is 18.2 Å². The van der Waals surface area contributed by atoms with Crippen molar-refractivity contribution in [2.24, 2.45) is 17.6 Å². The van der Waals surface area contributed by atoms with Crippen LogP contribution in [0.3, 0.4) is 0 Å². The van der Waals surface area contributed by atoms with E-state index in [2.05, 4.69) is 30.2 Å². The van der Waals surface area contributed by atoms with E-state index in [-0.39, 0.29) is 33.5 Å². The highest BCUT2D eigenvalue weighted by Crippen LogP contribution is 2.35. The van der Waals surface area contributed by atoms with Crippen LogP contribution in [0.15, 0.2) is 53.6 Å². The van der Waals surface area contributed by atoms with E-state index in [1.807, 2.05) is 25.1 Å². The molecule has 1 amide bonds. The number of nitrogens with one attached hydrogen (secondary N) is 3. The van der Waals surface area contributed by atoms with Crippen molar-refractivity contribution in [2.45, 2.75) is 37.5 Å². The topological polar surface area (TPSA) is 152 Å². The third-order valence-electron chi connectivity index (χ3n) is 7.21. The molecule has 0 atom stereocenters. The van der Waals surface area contributed by atoms with E-state index < -0.39 is 10.0 Å². The molecule has 1 aliphatic heterocycles. The summed E-state index contributed by atoms with van der Waals surface area (Å²) in [7, 11) is -3.73. The number of rotatable bonds is 12. The second kappa shape index (κ2) is 12.5. The fourth-order valence-electron chi connectivity index (χ4n) is 4.70. The SMILES string of the molecule is CCOc1cc(N2CCC(C(N)=O)CC2)ccc1Nc1ncc(Cl)c(Nc2ccccc2S(=O)(=O)NCC2CC2)n1. The summed E-state index contributed by atoms with van der Waals surface area (Å²) < 4.78 is 34.6. The molecular formula is C28H34ClN7O4S. The molecule has 0 bridgehead atoms. The number of primary amides is 1. The summed E-state index contributed by atoms with van der Waals surface area (Å²) in [4.78, 5) is 22.7. The number of benzene rings is 2. The number of halogens is 1. The maximum absolute atomic E-state index is 13.0. The zero-order valence-electron chi connectivity index (χ0n) is 22.8. The Kier molecular flexibility index (Phi) is 8.81. The Bertz CT molecular complexity index is 1510. The maximum Gasteiger partial charge on any atom is 0.242 e. The van der Waals surface area contributed by atoms with Gasteiger partial charge in [-0.15, -0.1) is 0 Å². The van der Waals surface area contributed by atoms with Crippen molar-refractivity contribution in [3.8, 4) is 5.75 Å². The Balaban J connectivity index is 1.34. The molecule has 218 valence electrons. The van der Waals surface area contributed by atoms with Crippen molar-refractivity contribution in [2.75, 3.05) is 41.8 Å². The number of aromatic nitrogens is 2. The average molecular weight is 600 g/mol. The van der Waals surface area contributed by atoms with Crippen molar-refractivity contribution in [3.05, 3.63) is 53.7 Å². The number of nitrogens with two attached hydrogens (primary N) is 1. The van der Waals surface area contributed by atoms with Crippen molar-refractivity contribution < 1.29 is 17.9 Å². The van der Waals surface area contributed by atoms with Crippen LogP contribution in [0.5, 0.6) is 5.75 Å². The molecule has 0 unspecified atom stereocenters. The quantitative estimate of drug-likeness (QED) is 0.237. The van der Waals surface area contributed by atoms with Gasteiger partial charge in [-0.05, 0) is 62.8 Å². The predicted octanol–water partition coefficient (Wildman–Crippen LogP) is 4.41. The number of carbonyl (C=O) groups excluding carboxylic acids is 1. The number of amides is 1. The van der Waals surface area contributed by atoms with Crippen LogP contribution in [0.4, 0.5) is 28.8 Å². The highest BCUT2D eigenvalue weighted by molar-refractivity contribution is 7.89. The first-order chi connectivity index (χ1) is 19.7. The van der Waals surface area contributed by atoms with Gasteiger partial charge in [0.1, 0.15) is 15.7 Å². The van der Waals surface area contributed by atoms with Gasteiger partial charge in [0.05, 0.1) is 24.2 Å². The third kappa shape index (κ3) is 7.19. The van der Waals surface area contributed by atoms with E-state index in [0.717, 1.165) is 31.6 Å². The van der Waals surface area contributed by atoms with Crippen LogP contribution in [0.25, 0.3) is 0 Å². The monoisotopic (exact) mass is 599 g/mol. The Morgan fingerprint density at radius 1 is 1.10 bits per heavy atom. The number of sulfonamides is 1. The molecule has 0 spiro atoms. The van der Waals surface area contributed by atoms with Gasteiger partial charge >= 0.3 is 0 Å². The number of carbonyl (C=O) groups is 1. The van der Waals surface area contributed by atoms with Gasteiger partial charge in [0.2, 0.25) is 21.9 Å². The summed E-state index contributed by atoms with van der Waals surface area (Å²) in [5.74, 6) is 1.19. The van der Waals surface area contributed by atoms with Gasteiger partial charge in [-0.3, -0.25) is 4.79 Å². The molecule has 1 saturated heterocycles. The molecule has 1 aromatic heterocycles. The van der Waals surface area contributed by atoms with Crippen LogP contribution in [0, 0.1) is 11.8 Å². The second-order valence-electron chi connectivity index (χ2n) is 10.2. The number of hydrogen-bond donors (Lipinski definition) is 4. The summed E-state index contributed by atoms with van der Waals surface area (Å²) in [5.41, 5.74) is 7.47. The predicted molar refractivity (Wildman–Crippen MR) is 160 cm³/mol. The first-order valence-electron chi connectivity index (χ1n) is 13.7. The Labute approximate surface area is 244 Å². The summed E-state index contributed by atoms with van der Waals surface area (Å²) in [6.45, 7) is 4.24. The first kappa shape index (κ1) is 28.9. The Morgan fingerprint density at radius 3 is 2.56 bits per heavy atom. The lowest BCUT2D eigenvalue weighted by molar-refractivity contribution is -0.122. The summed E-state index contributed by atoms with van der Waals surface area (Å²) >= 11 is 6.40.